The number of aliphatic hydroxyl groups is 4. The fourth-order valence-electron chi connectivity index (χ4n) is 0.638. The lowest BCUT2D eigenvalue weighted by atomic mass is 10.1. The first-order valence-electron chi connectivity index (χ1n) is 3.38. The van der Waals surface area contributed by atoms with E-state index in [0.717, 1.165) is 0 Å². The Morgan fingerprint density at radius 1 is 0.750 bits per heavy atom. The largest absolute Gasteiger partial charge is 0.389 e. The Morgan fingerprint density at radius 3 is 1.17 bits per heavy atom. The summed E-state index contributed by atoms with van der Waals surface area (Å²) in [5.74, 6) is -0.430. The van der Waals surface area contributed by atoms with Gasteiger partial charge in [-0.25, -0.2) is 0 Å². The van der Waals surface area contributed by atoms with Crippen molar-refractivity contribution in [3.63, 3.8) is 0 Å². The van der Waals surface area contributed by atoms with E-state index < -0.39 is 24.4 Å². The van der Waals surface area contributed by atoms with E-state index in [1.54, 1.807) is 0 Å². The quantitative estimate of drug-likeness (QED) is 0.443. The van der Waals surface area contributed by atoms with Gasteiger partial charge in [0.1, 0.15) is 12.2 Å². The third-order valence-corrected chi connectivity index (χ3v) is 2.09. The van der Waals surface area contributed by atoms with Crippen molar-refractivity contribution in [1.82, 2.24) is 0 Å². The molecule has 0 aromatic heterocycles. The zero-order valence-electron chi connectivity index (χ0n) is 6.27. The van der Waals surface area contributed by atoms with Gasteiger partial charge in [-0.3, -0.25) is 0 Å². The van der Waals surface area contributed by atoms with Crippen molar-refractivity contribution in [2.45, 2.75) is 24.4 Å². The summed E-state index contributed by atoms with van der Waals surface area (Å²) >= 11 is 10.4. The SMILES string of the molecule is O[C@H]([C@H](O)[C@@H](O)CCl)[C@H](O)CCl. The van der Waals surface area contributed by atoms with Crippen LogP contribution in [0.5, 0.6) is 0 Å². The lowest BCUT2D eigenvalue weighted by molar-refractivity contribution is -0.0928. The molecule has 0 aliphatic carbocycles. The second-order valence-electron chi connectivity index (χ2n) is 2.42. The molecule has 0 amide bonds. The predicted octanol–water partition coefficient (Wildman–Crippen LogP) is -1.09. The molecule has 74 valence electrons. The van der Waals surface area contributed by atoms with E-state index in [2.05, 4.69) is 0 Å². The van der Waals surface area contributed by atoms with Crippen LogP contribution in [-0.2, 0) is 0 Å². The molecule has 4 atom stereocenters. The van der Waals surface area contributed by atoms with Gasteiger partial charge in [-0.1, -0.05) is 0 Å². The van der Waals surface area contributed by atoms with Crippen molar-refractivity contribution in [3.8, 4) is 0 Å². The van der Waals surface area contributed by atoms with Crippen molar-refractivity contribution in [3.05, 3.63) is 0 Å². The van der Waals surface area contributed by atoms with Gasteiger partial charge in [0, 0.05) is 0 Å². The van der Waals surface area contributed by atoms with E-state index in [4.69, 9.17) is 43.6 Å². The Labute approximate surface area is 80.3 Å². The first-order valence-corrected chi connectivity index (χ1v) is 4.45. The average Bonchev–Trinajstić information content (AvgIpc) is 2.12. The molecule has 0 aliphatic heterocycles. The highest BCUT2D eigenvalue weighted by molar-refractivity contribution is 6.18. The number of rotatable bonds is 5. The highest BCUT2D eigenvalue weighted by atomic mass is 35.5. The van der Waals surface area contributed by atoms with E-state index in [0.29, 0.717) is 0 Å². The Morgan fingerprint density at radius 2 is 1.00 bits per heavy atom. The minimum atomic E-state index is -1.48. The molecule has 4 nitrogen and oxygen atoms in total. The Kier molecular flexibility index (Phi) is 6.17. The van der Waals surface area contributed by atoms with Crippen LogP contribution < -0.4 is 0 Å². The van der Waals surface area contributed by atoms with Crippen molar-refractivity contribution >= 4 is 23.2 Å². The normalized spacial score (nSPS) is 21.5. The number of hydrogen-bond donors (Lipinski definition) is 4. The van der Waals surface area contributed by atoms with E-state index >= 15 is 0 Å². The van der Waals surface area contributed by atoms with Crippen LogP contribution in [0.1, 0.15) is 0 Å². The molecule has 0 aromatic carbocycles. The standard InChI is InChI=1S/C6H12Cl2O4/c7-1-3(9)5(11)6(12)4(10)2-8/h3-6,9-12H,1-2H2/t3-,4+,5+,6-. The molecule has 0 saturated heterocycles. The first kappa shape index (κ1) is 12.4. The third-order valence-electron chi connectivity index (χ3n) is 1.45. The number of hydrogen-bond acceptors (Lipinski definition) is 4. The van der Waals surface area contributed by atoms with E-state index in [-0.39, 0.29) is 11.8 Å². The minimum absolute atomic E-state index is 0.215. The van der Waals surface area contributed by atoms with Gasteiger partial charge >= 0.3 is 0 Å². The van der Waals surface area contributed by atoms with Gasteiger partial charge in [-0.2, -0.15) is 0 Å². The molecule has 0 aromatic rings. The van der Waals surface area contributed by atoms with Crippen molar-refractivity contribution < 1.29 is 20.4 Å². The Bertz CT molecular complexity index is 110. The van der Waals surface area contributed by atoms with Gasteiger partial charge < -0.3 is 20.4 Å². The summed E-state index contributed by atoms with van der Waals surface area (Å²) in [7, 11) is 0. The first-order chi connectivity index (χ1) is 5.54. The molecule has 0 unspecified atom stereocenters. The average molecular weight is 219 g/mol. The summed E-state index contributed by atoms with van der Waals surface area (Å²) in [5.41, 5.74) is 0. The van der Waals surface area contributed by atoms with Crippen LogP contribution in [0.3, 0.4) is 0 Å². The summed E-state index contributed by atoms with van der Waals surface area (Å²) in [4.78, 5) is 0. The molecule has 0 aliphatic rings. The maximum atomic E-state index is 9.08. The molecule has 12 heavy (non-hydrogen) atoms. The monoisotopic (exact) mass is 218 g/mol. The number of alkyl halides is 2. The lowest BCUT2D eigenvalue weighted by Crippen LogP contribution is -2.45. The van der Waals surface area contributed by atoms with Crippen LogP contribution in [0, 0.1) is 0 Å². The zero-order chi connectivity index (χ0) is 9.72. The molecule has 0 saturated carbocycles. The molecule has 0 rings (SSSR count). The van der Waals surface area contributed by atoms with Crippen LogP contribution in [0.25, 0.3) is 0 Å². The number of halogens is 2. The third kappa shape index (κ3) is 3.43. The Hall–Kier alpha value is 0.420. The van der Waals surface area contributed by atoms with Gasteiger partial charge in [-0.15, -0.1) is 23.2 Å². The predicted molar refractivity (Wildman–Crippen MR) is 45.5 cm³/mol. The van der Waals surface area contributed by atoms with Gasteiger partial charge in [0.15, 0.2) is 0 Å². The topological polar surface area (TPSA) is 80.9 Å². The van der Waals surface area contributed by atoms with Gasteiger partial charge in [0.2, 0.25) is 0 Å². The second kappa shape index (κ2) is 5.96. The lowest BCUT2D eigenvalue weighted by Gasteiger charge is -2.24. The van der Waals surface area contributed by atoms with Crippen LogP contribution >= 0.6 is 23.2 Å². The molecule has 6 heteroatoms. The molecule has 0 fully saturated rings. The molecule has 0 heterocycles. The molecule has 0 bridgehead atoms. The molecule has 4 N–H and O–H groups in total. The van der Waals surface area contributed by atoms with E-state index in [1.165, 1.54) is 0 Å². The van der Waals surface area contributed by atoms with Crippen LogP contribution in [0.4, 0.5) is 0 Å². The summed E-state index contributed by atoms with van der Waals surface area (Å²) in [5, 5.41) is 36.1. The van der Waals surface area contributed by atoms with Crippen molar-refractivity contribution in [2.24, 2.45) is 0 Å². The summed E-state index contributed by atoms with van der Waals surface area (Å²) in [6.07, 6.45) is -5.48. The van der Waals surface area contributed by atoms with Crippen LogP contribution in [-0.4, -0.2) is 56.6 Å². The fourth-order valence-corrected chi connectivity index (χ4v) is 1.00. The summed E-state index contributed by atoms with van der Waals surface area (Å²) in [6, 6.07) is 0. The second-order valence-corrected chi connectivity index (χ2v) is 3.04. The van der Waals surface area contributed by atoms with E-state index in [9.17, 15) is 0 Å². The summed E-state index contributed by atoms with van der Waals surface area (Å²) < 4.78 is 0. The number of aliphatic hydroxyl groups excluding tert-OH is 4. The fraction of sp³-hybridized carbons (Fsp3) is 1.00. The van der Waals surface area contributed by atoms with Gasteiger partial charge in [0.25, 0.3) is 0 Å². The molecule has 0 radical (unpaired) electrons. The Balaban J connectivity index is 3.99. The molecule has 0 spiro atoms. The van der Waals surface area contributed by atoms with E-state index in [1.807, 2.05) is 0 Å². The minimum Gasteiger partial charge on any atom is -0.389 e. The smallest absolute Gasteiger partial charge is 0.109 e. The van der Waals surface area contributed by atoms with Crippen LogP contribution in [0.2, 0.25) is 0 Å². The van der Waals surface area contributed by atoms with Crippen LogP contribution in [0.15, 0.2) is 0 Å². The maximum Gasteiger partial charge on any atom is 0.109 e. The zero-order valence-corrected chi connectivity index (χ0v) is 7.78. The summed E-state index contributed by atoms with van der Waals surface area (Å²) in [6.45, 7) is 0. The maximum absolute atomic E-state index is 9.08. The van der Waals surface area contributed by atoms with Crippen molar-refractivity contribution in [2.75, 3.05) is 11.8 Å². The highest BCUT2D eigenvalue weighted by Crippen LogP contribution is 2.07. The highest BCUT2D eigenvalue weighted by Gasteiger charge is 2.29. The van der Waals surface area contributed by atoms with Gasteiger partial charge in [-0.05, 0) is 0 Å². The molecular weight excluding hydrogens is 207 g/mol. The van der Waals surface area contributed by atoms with Gasteiger partial charge in [0.05, 0.1) is 24.0 Å². The van der Waals surface area contributed by atoms with Crippen molar-refractivity contribution in [1.29, 1.82) is 0 Å². The molecular formula is C6H12Cl2O4.